The molecule has 6 heteroatoms. The summed E-state index contributed by atoms with van der Waals surface area (Å²) in [5.41, 5.74) is 13.1. The molecular weight excluding hydrogens is 711 g/mol. The average molecular weight is 742 g/mol. The van der Waals surface area contributed by atoms with E-state index in [1.807, 2.05) is 6.20 Å². The first-order valence-electron chi connectivity index (χ1n) is 19.6. The number of aromatic nitrogens is 5. The van der Waals surface area contributed by atoms with Crippen LogP contribution >= 0.6 is 0 Å². The highest BCUT2D eigenvalue weighted by molar-refractivity contribution is 6.14. The Morgan fingerprint density at radius 3 is 1.45 bits per heavy atom. The molecule has 0 N–H and O–H groups in total. The standard InChI is InChI=1S/C52H31N5O/c1-2-14-32(15-3-1)55-44-23-11-8-20-38(44)39-29-48(57-45-24-12-6-18-36(45)37-19-7-13-25-46(37)57)40(30-47(39)55)52-53-31-50-51(54-52)41-28-33(26-27-49(41)58-50)56-42-21-9-4-16-34(42)35-17-5-10-22-43(35)56/h1-31H. The van der Waals surface area contributed by atoms with Crippen molar-refractivity contribution in [3.63, 3.8) is 0 Å². The van der Waals surface area contributed by atoms with Crippen LogP contribution in [-0.4, -0.2) is 23.7 Å². The van der Waals surface area contributed by atoms with Crippen LogP contribution in [0.25, 0.3) is 116 Å². The van der Waals surface area contributed by atoms with Gasteiger partial charge < -0.3 is 18.1 Å². The van der Waals surface area contributed by atoms with Gasteiger partial charge in [0.15, 0.2) is 11.4 Å². The van der Waals surface area contributed by atoms with Gasteiger partial charge in [0.1, 0.15) is 11.1 Å². The summed E-state index contributed by atoms with van der Waals surface area (Å²) in [5, 5.41) is 8.13. The number of hydrogen-bond donors (Lipinski definition) is 0. The lowest BCUT2D eigenvalue weighted by Gasteiger charge is -2.15. The molecule has 8 aromatic carbocycles. The smallest absolute Gasteiger partial charge is 0.172 e. The van der Waals surface area contributed by atoms with Gasteiger partial charge in [-0.05, 0) is 72.8 Å². The Labute approximate surface area is 331 Å². The van der Waals surface area contributed by atoms with Gasteiger partial charge >= 0.3 is 0 Å². The molecule has 13 rings (SSSR count). The van der Waals surface area contributed by atoms with Crippen LogP contribution in [0.15, 0.2) is 193 Å². The third kappa shape index (κ3) is 4.31. The lowest BCUT2D eigenvalue weighted by molar-refractivity contribution is 0.666. The maximum Gasteiger partial charge on any atom is 0.172 e. The van der Waals surface area contributed by atoms with Crippen molar-refractivity contribution in [1.29, 1.82) is 0 Å². The van der Waals surface area contributed by atoms with E-state index < -0.39 is 0 Å². The largest absolute Gasteiger partial charge is 0.453 e. The van der Waals surface area contributed by atoms with Crippen LogP contribution in [0.2, 0.25) is 0 Å². The summed E-state index contributed by atoms with van der Waals surface area (Å²) >= 11 is 0. The monoisotopic (exact) mass is 741 g/mol. The number of furan rings is 1. The summed E-state index contributed by atoms with van der Waals surface area (Å²) in [7, 11) is 0. The summed E-state index contributed by atoms with van der Waals surface area (Å²) in [6.07, 6.45) is 1.84. The summed E-state index contributed by atoms with van der Waals surface area (Å²) in [6, 6.07) is 64.8. The minimum absolute atomic E-state index is 0.626. The van der Waals surface area contributed by atoms with Gasteiger partial charge in [-0.2, -0.15) is 0 Å². The topological polar surface area (TPSA) is 53.7 Å². The van der Waals surface area contributed by atoms with Gasteiger partial charge in [0.05, 0.1) is 45.0 Å². The van der Waals surface area contributed by atoms with Gasteiger partial charge in [0.2, 0.25) is 0 Å². The molecule has 0 aliphatic rings. The highest BCUT2D eigenvalue weighted by atomic mass is 16.3. The molecule has 0 amide bonds. The molecule has 6 nitrogen and oxygen atoms in total. The Morgan fingerprint density at radius 2 is 0.862 bits per heavy atom. The van der Waals surface area contributed by atoms with E-state index in [2.05, 4.69) is 196 Å². The zero-order chi connectivity index (χ0) is 37.9. The Bertz CT molecular complexity index is 3700. The summed E-state index contributed by atoms with van der Waals surface area (Å²) in [4.78, 5) is 10.5. The van der Waals surface area contributed by atoms with Crippen LogP contribution < -0.4 is 0 Å². The molecule has 0 atom stereocenters. The molecule has 5 heterocycles. The van der Waals surface area contributed by atoms with Crippen molar-refractivity contribution in [3.05, 3.63) is 188 Å². The lowest BCUT2D eigenvalue weighted by atomic mass is 10.1. The minimum Gasteiger partial charge on any atom is -0.453 e. The van der Waals surface area contributed by atoms with Crippen molar-refractivity contribution in [3.8, 4) is 28.5 Å². The van der Waals surface area contributed by atoms with Gasteiger partial charge in [-0.1, -0.05) is 109 Å². The molecule has 5 aromatic heterocycles. The van der Waals surface area contributed by atoms with Crippen LogP contribution in [0.3, 0.4) is 0 Å². The molecule has 0 aliphatic heterocycles. The normalized spacial score (nSPS) is 12.1. The van der Waals surface area contributed by atoms with E-state index in [9.17, 15) is 0 Å². The molecular formula is C52H31N5O. The van der Waals surface area contributed by atoms with Crippen LogP contribution in [-0.2, 0) is 0 Å². The third-order valence-corrected chi connectivity index (χ3v) is 11.9. The van der Waals surface area contributed by atoms with E-state index in [0.29, 0.717) is 11.4 Å². The molecule has 0 saturated heterocycles. The maximum absolute atomic E-state index is 6.45. The lowest BCUT2D eigenvalue weighted by Crippen LogP contribution is -2.01. The van der Waals surface area contributed by atoms with Gasteiger partial charge in [0, 0.05) is 54.6 Å². The Morgan fingerprint density at radius 1 is 0.362 bits per heavy atom. The summed E-state index contributed by atoms with van der Waals surface area (Å²) in [6.45, 7) is 0. The van der Waals surface area contributed by atoms with Gasteiger partial charge in [-0.25, -0.2) is 9.97 Å². The van der Waals surface area contributed by atoms with Crippen LogP contribution in [0, 0.1) is 0 Å². The highest BCUT2D eigenvalue weighted by Gasteiger charge is 2.23. The van der Waals surface area contributed by atoms with E-state index in [4.69, 9.17) is 14.4 Å². The molecule has 0 bridgehead atoms. The number of para-hydroxylation sites is 6. The Balaban J connectivity index is 1.12. The molecule has 0 aliphatic carbocycles. The molecule has 0 radical (unpaired) electrons. The zero-order valence-electron chi connectivity index (χ0n) is 31.0. The predicted octanol–water partition coefficient (Wildman–Crippen LogP) is 13.3. The SMILES string of the molecule is c1ccc(-n2c3ccccc3c3cc(-n4c5ccccc5c5ccccc54)c(-c4ncc5oc6ccc(-n7c8ccccc8c8ccccc87)cc6c5n4)cc32)cc1. The van der Waals surface area contributed by atoms with Gasteiger partial charge in [-0.3, -0.25) is 0 Å². The number of fused-ring (bicyclic) bond motifs is 12. The van der Waals surface area contributed by atoms with Crippen molar-refractivity contribution in [1.82, 2.24) is 23.7 Å². The molecule has 0 unspecified atom stereocenters. The van der Waals surface area contributed by atoms with E-state index in [-0.39, 0.29) is 0 Å². The second-order valence-electron chi connectivity index (χ2n) is 15.0. The molecule has 270 valence electrons. The first-order chi connectivity index (χ1) is 28.8. The van der Waals surface area contributed by atoms with Crippen LogP contribution in [0.4, 0.5) is 0 Å². The van der Waals surface area contributed by atoms with Gasteiger partial charge in [0.25, 0.3) is 0 Å². The first-order valence-corrected chi connectivity index (χ1v) is 19.6. The molecule has 0 spiro atoms. The van der Waals surface area contributed by atoms with E-state index >= 15 is 0 Å². The number of hydrogen-bond acceptors (Lipinski definition) is 3. The van der Waals surface area contributed by atoms with Gasteiger partial charge in [-0.15, -0.1) is 0 Å². The van der Waals surface area contributed by atoms with Crippen LogP contribution in [0.1, 0.15) is 0 Å². The first kappa shape index (κ1) is 31.3. The molecule has 13 aromatic rings. The summed E-state index contributed by atoms with van der Waals surface area (Å²) in [5.74, 6) is 0.626. The van der Waals surface area contributed by atoms with E-state index in [0.717, 1.165) is 77.6 Å². The second-order valence-corrected chi connectivity index (χ2v) is 15.0. The Kier molecular flexibility index (Phi) is 6.35. The minimum atomic E-state index is 0.626. The van der Waals surface area contributed by atoms with Crippen molar-refractivity contribution in [2.45, 2.75) is 0 Å². The van der Waals surface area contributed by atoms with E-state index in [1.54, 1.807) is 0 Å². The fraction of sp³-hybridized carbons (Fsp3) is 0. The molecule has 0 fully saturated rings. The highest BCUT2D eigenvalue weighted by Crippen LogP contribution is 2.42. The number of rotatable bonds is 4. The molecule has 58 heavy (non-hydrogen) atoms. The zero-order valence-corrected chi connectivity index (χ0v) is 31.0. The molecule has 0 saturated carbocycles. The van der Waals surface area contributed by atoms with Crippen LogP contribution in [0.5, 0.6) is 0 Å². The van der Waals surface area contributed by atoms with Crippen molar-refractivity contribution in [2.24, 2.45) is 0 Å². The Hall–Kier alpha value is -7.96. The fourth-order valence-electron chi connectivity index (χ4n) is 9.42. The van der Waals surface area contributed by atoms with Crippen molar-refractivity contribution < 1.29 is 4.42 Å². The summed E-state index contributed by atoms with van der Waals surface area (Å²) < 4.78 is 13.5. The van der Waals surface area contributed by atoms with Crippen molar-refractivity contribution in [2.75, 3.05) is 0 Å². The quantitative estimate of drug-likeness (QED) is 0.180. The third-order valence-electron chi connectivity index (χ3n) is 11.9. The second kappa shape index (κ2) is 11.8. The average Bonchev–Trinajstić information content (AvgIpc) is 4.02. The van der Waals surface area contributed by atoms with E-state index in [1.165, 1.54) is 26.9 Å². The number of nitrogens with zero attached hydrogens (tertiary/aromatic N) is 5. The predicted molar refractivity (Wildman–Crippen MR) is 238 cm³/mol. The fourth-order valence-corrected chi connectivity index (χ4v) is 9.42. The number of benzene rings is 8. The van der Waals surface area contributed by atoms with Crippen molar-refractivity contribution >= 4 is 87.5 Å². The maximum atomic E-state index is 6.45.